The van der Waals surface area contributed by atoms with Crippen molar-refractivity contribution in [3.63, 3.8) is 0 Å². The molecule has 1 aromatic carbocycles. The zero-order valence-electron chi connectivity index (χ0n) is 10.2. The zero-order chi connectivity index (χ0) is 13.4. The minimum atomic E-state index is 0.588. The Labute approximate surface area is 124 Å². The van der Waals surface area contributed by atoms with Crippen LogP contribution in [0, 0.1) is 11.3 Å². The highest BCUT2D eigenvalue weighted by atomic mass is 79.9. The standard InChI is InChI=1S/C14H12BrN3S/c15-11-4-3-9(10(5-11)7-16)6-12-13(8-1-2-8)18-14(17)19-12/h3-5,8H,1-2,6H2,(H2,17,18). The van der Waals surface area contributed by atoms with Gasteiger partial charge in [0.15, 0.2) is 5.13 Å². The Hall–Kier alpha value is -1.38. The van der Waals surface area contributed by atoms with Gasteiger partial charge in [-0.1, -0.05) is 22.0 Å². The van der Waals surface area contributed by atoms with Crippen LogP contribution in [0.5, 0.6) is 0 Å². The van der Waals surface area contributed by atoms with Crippen LogP contribution in [0.1, 0.15) is 40.5 Å². The van der Waals surface area contributed by atoms with E-state index in [0.29, 0.717) is 16.6 Å². The molecule has 0 atom stereocenters. The van der Waals surface area contributed by atoms with Crippen molar-refractivity contribution in [2.45, 2.75) is 25.2 Å². The number of nitriles is 1. The molecule has 0 spiro atoms. The van der Waals surface area contributed by atoms with Crippen LogP contribution < -0.4 is 5.73 Å². The Balaban J connectivity index is 1.95. The summed E-state index contributed by atoms with van der Waals surface area (Å²) >= 11 is 4.94. The number of benzene rings is 1. The number of rotatable bonds is 3. The summed E-state index contributed by atoms with van der Waals surface area (Å²) in [4.78, 5) is 5.65. The van der Waals surface area contributed by atoms with Gasteiger partial charge in [0.25, 0.3) is 0 Å². The highest BCUT2D eigenvalue weighted by molar-refractivity contribution is 9.10. The Kier molecular flexibility index (Phi) is 3.29. The average Bonchev–Trinajstić information content (AvgIpc) is 3.16. The van der Waals surface area contributed by atoms with Gasteiger partial charge in [-0.15, -0.1) is 11.3 Å². The highest BCUT2D eigenvalue weighted by Gasteiger charge is 2.29. The summed E-state index contributed by atoms with van der Waals surface area (Å²) in [5, 5.41) is 9.84. The summed E-state index contributed by atoms with van der Waals surface area (Å²) in [5.74, 6) is 0.588. The fraction of sp³-hybridized carbons (Fsp3) is 0.286. The van der Waals surface area contributed by atoms with Crippen LogP contribution in [0.25, 0.3) is 0 Å². The molecule has 0 amide bonds. The van der Waals surface area contributed by atoms with E-state index in [1.165, 1.54) is 17.7 Å². The van der Waals surface area contributed by atoms with Crippen LogP contribution in [0.3, 0.4) is 0 Å². The molecule has 0 saturated heterocycles. The van der Waals surface area contributed by atoms with Gasteiger partial charge in [0, 0.05) is 21.7 Å². The summed E-state index contributed by atoms with van der Waals surface area (Å²) < 4.78 is 0.930. The molecule has 0 bridgehead atoms. The van der Waals surface area contributed by atoms with Crippen LogP contribution in [-0.4, -0.2) is 4.98 Å². The van der Waals surface area contributed by atoms with E-state index < -0.39 is 0 Å². The van der Waals surface area contributed by atoms with Gasteiger partial charge in [-0.3, -0.25) is 0 Å². The number of hydrogen-bond acceptors (Lipinski definition) is 4. The number of aromatic nitrogens is 1. The second kappa shape index (κ2) is 4.95. The maximum absolute atomic E-state index is 9.21. The SMILES string of the molecule is N#Cc1cc(Br)ccc1Cc1sc(N)nc1C1CC1. The number of halogens is 1. The molecular weight excluding hydrogens is 322 g/mol. The first-order chi connectivity index (χ1) is 9.17. The first-order valence-electron chi connectivity index (χ1n) is 6.11. The number of anilines is 1. The lowest BCUT2D eigenvalue weighted by atomic mass is 10.0. The number of nitrogen functional groups attached to an aromatic ring is 1. The predicted molar refractivity (Wildman–Crippen MR) is 80.2 cm³/mol. The van der Waals surface area contributed by atoms with Crippen LogP contribution >= 0.6 is 27.3 Å². The van der Waals surface area contributed by atoms with E-state index in [4.69, 9.17) is 5.73 Å². The third-order valence-electron chi connectivity index (χ3n) is 3.25. The van der Waals surface area contributed by atoms with Crippen LogP contribution in [-0.2, 0) is 6.42 Å². The number of thiazole rings is 1. The summed E-state index contributed by atoms with van der Waals surface area (Å²) in [6, 6.07) is 8.07. The van der Waals surface area contributed by atoms with Crippen molar-refractivity contribution in [3.8, 4) is 6.07 Å². The van der Waals surface area contributed by atoms with Gasteiger partial charge < -0.3 is 5.73 Å². The van der Waals surface area contributed by atoms with Crippen LogP contribution in [0.2, 0.25) is 0 Å². The van der Waals surface area contributed by atoms with Gasteiger partial charge in [0.1, 0.15) is 0 Å². The Morgan fingerprint density at radius 2 is 2.26 bits per heavy atom. The van der Waals surface area contributed by atoms with Gasteiger partial charge in [-0.05, 0) is 30.5 Å². The summed E-state index contributed by atoms with van der Waals surface area (Å²) in [5.41, 5.74) is 8.73. The van der Waals surface area contributed by atoms with E-state index in [1.54, 1.807) is 11.3 Å². The molecule has 1 aliphatic rings. The van der Waals surface area contributed by atoms with Crippen molar-refractivity contribution in [1.29, 1.82) is 5.26 Å². The number of hydrogen-bond donors (Lipinski definition) is 1. The fourth-order valence-corrected chi connectivity index (χ4v) is 3.47. The van der Waals surface area contributed by atoms with Crippen LogP contribution in [0.4, 0.5) is 5.13 Å². The summed E-state index contributed by atoms with van der Waals surface area (Å²) in [6.07, 6.45) is 3.17. The molecule has 3 nitrogen and oxygen atoms in total. The molecule has 2 N–H and O–H groups in total. The molecule has 0 radical (unpaired) electrons. The molecule has 1 fully saturated rings. The lowest BCUT2D eigenvalue weighted by Crippen LogP contribution is -1.94. The molecule has 19 heavy (non-hydrogen) atoms. The van der Waals surface area contributed by atoms with Gasteiger partial charge in [-0.2, -0.15) is 5.26 Å². The molecule has 2 aromatic rings. The minimum absolute atomic E-state index is 0.588. The van der Waals surface area contributed by atoms with Crippen molar-refractivity contribution in [1.82, 2.24) is 4.98 Å². The van der Waals surface area contributed by atoms with E-state index in [0.717, 1.165) is 22.2 Å². The van der Waals surface area contributed by atoms with Crippen molar-refractivity contribution < 1.29 is 0 Å². The third kappa shape index (κ3) is 2.65. The Morgan fingerprint density at radius 1 is 1.47 bits per heavy atom. The monoisotopic (exact) mass is 333 g/mol. The molecule has 3 rings (SSSR count). The quantitative estimate of drug-likeness (QED) is 0.928. The first-order valence-corrected chi connectivity index (χ1v) is 7.72. The predicted octanol–water partition coefficient (Wildman–Crippen LogP) is 3.83. The molecule has 1 saturated carbocycles. The van der Waals surface area contributed by atoms with Gasteiger partial charge in [-0.25, -0.2) is 4.98 Å². The Morgan fingerprint density at radius 3 is 2.95 bits per heavy atom. The smallest absolute Gasteiger partial charge is 0.180 e. The van der Waals surface area contributed by atoms with Gasteiger partial charge >= 0.3 is 0 Å². The fourth-order valence-electron chi connectivity index (χ4n) is 2.16. The van der Waals surface area contributed by atoms with Crippen LogP contribution in [0.15, 0.2) is 22.7 Å². The molecule has 1 aliphatic carbocycles. The first kappa shape index (κ1) is 12.6. The van der Waals surface area contributed by atoms with Crippen molar-refractivity contribution in [3.05, 3.63) is 44.4 Å². The molecule has 1 aromatic heterocycles. The van der Waals surface area contributed by atoms with Gasteiger partial charge in [0.2, 0.25) is 0 Å². The Bertz CT molecular complexity index is 668. The summed E-state index contributed by atoms with van der Waals surface area (Å²) in [6.45, 7) is 0. The summed E-state index contributed by atoms with van der Waals surface area (Å²) in [7, 11) is 0. The lowest BCUT2D eigenvalue weighted by molar-refractivity contribution is 1.01. The normalized spacial score (nSPS) is 14.3. The zero-order valence-corrected chi connectivity index (χ0v) is 12.6. The highest BCUT2D eigenvalue weighted by Crippen LogP contribution is 2.43. The molecule has 96 valence electrons. The minimum Gasteiger partial charge on any atom is -0.375 e. The van der Waals surface area contributed by atoms with Crippen molar-refractivity contribution in [2.75, 3.05) is 5.73 Å². The molecule has 1 heterocycles. The van der Waals surface area contributed by atoms with E-state index in [-0.39, 0.29) is 0 Å². The van der Waals surface area contributed by atoms with Crippen molar-refractivity contribution in [2.24, 2.45) is 0 Å². The third-order valence-corrected chi connectivity index (χ3v) is 4.65. The number of nitrogens with two attached hydrogens (primary N) is 1. The molecule has 5 heteroatoms. The van der Waals surface area contributed by atoms with E-state index in [1.807, 2.05) is 18.2 Å². The second-order valence-corrected chi connectivity index (χ2v) is 6.76. The molecular formula is C14H12BrN3S. The second-order valence-electron chi connectivity index (χ2n) is 4.72. The van der Waals surface area contributed by atoms with E-state index in [9.17, 15) is 5.26 Å². The lowest BCUT2D eigenvalue weighted by Gasteiger charge is -2.04. The maximum atomic E-state index is 9.21. The average molecular weight is 334 g/mol. The molecule has 0 unspecified atom stereocenters. The molecule has 0 aliphatic heterocycles. The van der Waals surface area contributed by atoms with E-state index in [2.05, 4.69) is 27.0 Å². The maximum Gasteiger partial charge on any atom is 0.180 e. The largest absolute Gasteiger partial charge is 0.375 e. The van der Waals surface area contributed by atoms with Gasteiger partial charge in [0.05, 0.1) is 17.3 Å². The topological polar surface area (TPSA) is 62.7 Å². The van der Waals surface area contributed by atoms with Crippen molar-refractivity contribution >= 4 is 32.4 Å². The number of nitrogens with zero attached hydrogens (tertiary/aromatic N) is 2. The van der Waals surface area contributed by atoms with E-state index >= 15 is 0 Å².